The second kappa shape index (κ2) is 10.6. The Morgan fingerprint density at radius 2 is 1.79 bits per heavy atom. The molecule has 178 valence electrons. The van der Waals surface area contributed by atoms with Crippen molar-refractivity contribution in [1.29, 1.82) is 0 Å². The third kappa shape index (κ3) is 6.15. The van der Waals surface area contributed by atoms with Crippen molar-refractivity contribution in [3.63, 3.8) is 0 Å². The summed E-state index contributed by atoms with van der Waals surface area (Å²) in [6.07, 6.45) is -1.49. The average Bonchev–Trinajstić information content (AvgIpc) is 3.38. The Bertz CT molecular complexity index is 1150. The van der Waals surface area contributed by atoms with Crippen molar-refractivity contribution >= 4 is 40.6 Å². The number of thioether (sulfide) groups is 1. The monoisotopic (exact) mass is 506 g/mol. The fraction of sp³-hybridized carbons (Fsp3) is 0.304. The van der Waals surface area contributed by atoms with E-state index in [1.54, 1.807) is 41.8 Å². The van der Waals surface area contributed by atoms with Gasteiger partial charge in [0, 0.05) is 24.3 Å². The van der Waals surface area contributed by atoms with E-state index in [1.165, 1.54) is 11.3 Å². The number of anilines is 1. The molecule has 0 unspecified atom stereocenters. The van der Waals surface area contributed by atoms with Gasteiger partial charge in [0.15, 0.2) is 5.16 Å². The highest BCUT2D eigenvalue weighted by Gasteiger charge is 2.34. The van der Waals surface area contributed by atoms with Gasteiger partial charge in [-0.15, -0.1) is 11.3 Å². The van der Waals surface area contributed by atoms with Gasteiger partial charge in [0.2, 0.25) is 5.91 Å². The van der Waals surface area contributed by atoms with E-state index in [0.29, 0.717) is 16.1 Å². The molecule has 0 saturated carbocycles. The summed E-state index contributed by atoms with van der Waals surface area (Å²) in [5.74, 6) is -0.616. The molecule has 11 heteroatoms. The van der Waals surface area contributed by atoms with Crippen molar-refractivity contribution in [3.05, 3.63) is 59.1 Å². The summed E-state index contributed by atoms with van der Waals surface area (Å²) in [4.78, 5) is 35.1. The molecule has 0 bridgehead atoms. The molecule has 1 saturated heterocycles. The van der Waals surface area contributed by atoms with Gasteiger partial charge < -0.3 is 10.2 Å². The van der Waals surface area contributed by atoms with Crippen LogP contribution in [0.3, 0.4) is 0 Å². The first kappa shape index (κ1) is 24.2. The minimum atomic E-state index is -4.63. The Morgan fingerprint density at radius 1 is 1.06 bits per heavy atom. The normalized spacial score (nSPS) is 14.1. The van der Waals surface area contributed by atoms with E-state index in [9.17, 15) is 22.8 Å². The van der Waals surface area contributed by atoms with Crippen LogP contribution in [0.1, 0.15) is 35.3 Å². The van der Waals surface area contributed by atoms with Crippen molar-refractivity contribution in [2.75, 3.05) is 24.2 Å². The summed E-state index contributed by atoms with van der Waals surface area (Å²) in [6, 6.07) is 10.9. The first-order chi connectivity index (χ1) is 16.3. The SMILES string of the molecule is O=C(CSc1nc(-c2cccs2)cc(C(F)(F)F)n1)Nc1ccc(C(=O)N2CCCCC2)cc1. The highest BCUT2D eigenvalue weighted by molar-refractivity contribution is 7.99. The Balaban J connectivity index is 1.38. The number of rotatable bonds is 6. The van der Waals surface area contributed by atoms with Gasteiger partial charge in [-0.25, -0.2) is 9.97 Å². The van der Waals surface area contributed by atoms with Gasteiger partial charge in [-0.3, -0.25) is 9.59 Å². The van der Waals surface area contributed by atoms with Crippen LogP contribution in [0.2, 0.25) is 0 Å². The molecule has 0 atom stereocenters. The number of nitrogens with zero attached hydrogens (tertiary/aromatic N) is 3. The summed E-state index contributed by atoms with van der Waals surface area (Å²) < 4.78 is 39.8. The molecule has 1 aromatic carbocycles. The van der Waals surface area contributed by atoms with Gasteiger partial charge >= 0.3 is 6.18 Å². The van der Waals surface area contributed by atoms with Gasteiger partial charge in [0.25, 0.3) is 5.91 Å². The second-order valence-electron chi connectivity index (χ2n) is 7.66. The maximum absolute atomic E-state index is 13.3. The lowest BCUT2D eigenvalue weighted by Crippen LogP contribution is -2.35. The molecule has 1 N–H and O–H groups in total. The fourth-order valence-electron chi connectivity index (χ4n) is 3.49. The average molecular weight is 507 g/mol. The lowest BCUT2D eigenvalue weighted by atomic mass is 10.1. The van der Waals surface area contributed by atoms with Gasteiger partial charge in [0.1, 0.15) is 5.69 Å². The number of nitrogens with one attached hydrogen (secondary N) is 1. The van der Waals surface area contributed by atoms with E-state index < -0.39 is 17.8 Å². The third-order valence-electron chi connectivity index (χ3n) is 5.16. The lowest BCUT2D eigenvalue weighted by Gasteiger charge is -2.26. The Kier molecular flexibility index (Phi) is 7.52. The molecule has 0 radical (unpaired) electrons. The van der Waals surface area contributed by atoms with Crippen LogP contribution < -0.4 is 5.32 Å². The topological polar surface area (TPSA) is 75.2 Å². The van der Waals surface area contributed by atoms with Gasteiger partial charge in [-0.05, 0) is 61.0 Å². The molecule has 3 aromatic rings. The highest BCUT2D eigenvalue weighted by atomic mass is 32.2. The number of hydrogen-bond acceptors (Lipinski definition) is 6. The summed E-state index contributed by atoms with van der Waals surface area (Å²) in [7, 11) is 0. The van der Waals surface area contributed by atoms with E-state index in [0.717, 1.165) is 50.2 Å². The zero-order chi connectivity index (χ0) is 24.1. The molecule has 1 fully saturated rings. The van der Waals surface area contributed by atoms with E-state index in [2.05, 4.69) is 15.3 Å². The van der Waals surface area contributed by atoms with Crippen LogP contribution in [0.4, 0.5) is 18.9 Å². The second-order valence-corrected chi connectivity index (χ2v) is 9.55. The number of carbonyl (C=O) groups is 2. The molecule has 2 aromatic heterocycles. The molecule has 0 spiro atoms. The van der Waals surface area contributed by atoms with Crippen LogP contribution in [0.5, 0.6) is 0 Å². The number of halogens is 3. The first-order valence-corrected chi connectivity index (χ1v) is 12.5. The molecule has 2 amide bonds. The minimum Gasteiger partial charge on any atom is -0.339 e. The molecule has 6 nitrogen and oxygen atoms in total. The van der Waals surface area contributed by atoms with Crippen LogP contribution >= 0.6 is 23.1 Å². The largest absolute Gasteiger partial charge is 0.433 e. The van der Waals surface area contributed by atoms with E-state index in [-0.39, 0.29) is 22.5 Å². The van der Waals surface area contributed by atoms with Crippen molar-refractivity contribution in [1.82, 2.24) is 14.9 Å². The van der Waals surface area contributed by atoms with E-state index in [1.807, 2.05) is 4.90 Å². The van der Waals surface area contributed by atoms with Crippen LogP contribution in [-0.4, -0.2) is 45.5 Å². The van der Waals surface area contributed by atoms with Crippen LogP contribution in [-0.2, 0) is 11.0 Å². The molecular formula is C23H21F3N4O2S2. The minimum absolute atomic E-state index is 0.0311. The number of piperidine rings is 1. The van der Waals surface area contributed by atoms with Crippen molar-refractivity contribution in [3.8, 4) is 10.6 Å². The van der Waals surface area contributed by atoms with Crippen LogP contribution in [0.25, 0.3) is 10.6 Å². The van der Waals surface area contributed by atoms with Crippen LogP contribution in [0, 0.1) is 0 Å². The molecule has 1 aliphatic rings. The number of carbonyl (C=O) groups excluding carboxylic acids is 2. The van der Waals surface area contributed by atoms with Gasteiger partial charge in [-0.2, -0.15) is 13.2 Å². The number of amides is 2. The van der Waals surface area contributed by atoms with Crippen molar-refractivity contribution < 1.29 is 22.8 Å². The lowest BCUT2D eigenvalue weighted by molar-refractivity contribution is -0.141. The van der Waals surface area contributed by atoms with Crippen molar-refractivity contribution in [2.24, 2.45) is 0 Å². The van der Waals surface area contributed by atoms with E-state index in [4.69, 9.17) is 0 Å². The summed E-state index contributed by atoms with van der Waals surface area (Å²) >= 11 is 2.10. The molecular weight excluding hydrogens is 485 g/mol. The Morgan fingerprint density at radius 3 is 2.44 bits per heavy atom. The van der Waals surface area contributed by atoms with Gasteiger partial charge in [0.05, 0.1) is 16.3 Å². The smallest absolute Gasteiger partial charge is 0.339 e. The predicted molar refractivity (Wildman–Crippen MR) is 126 cm³/mol. The Labute approximate surface area is 202 Å². The molecule has 4 rings (SSSR count). The summed E-state index contributed by atoms with van der Waals surface area (Å²) in [5.41, 5.74) is 0.148. The summed E-state index contributed by atoms with van der Waals surface area (Å²) in [5, 5.41) is 4.30. The number of thiophene rings is 1. The molecule has 34 heavy (non-hydrogen) atoms. The van der Waals surface area contributed by atoms with E-state index >= 15 is 0 Å². The number of benzene rings is 1. The maximum Gasteiger partial charge on any atom is 0.433 e. The standard InChI is InChI=1S/C23H21F3N4O2S2/c24-23(25,26)19-13-17(18-5-4-12-33-18)28-22(29-19)34-14-20(31)27-16-8-6-15(7-9-16)21(32)30-10-2-1-3-11-30/h4-9,12-13H,1-3,10-11,14H2,(H,27,31). The third-order valence-corrected chi connectivity index (χ3v) is 6.90. The van der Waals surface area contributed by atoms with Crippen molar-refractivity contribution in [2.45, 2.75) is 30.6 Å². The number of hydrogen-bond donors (Lipinski definition) is 1. The zero-order valence-corrected chi connectivity index (χ0v) is 19.6. The zero-order valence-electron chi connectivity index (χ0n) is 18.0. The fourth-order valence-corrected chi connectivity index (χ4v) is 4.83. The Hall–Kier alpha value is -2.92. The quantitative estimate of drug-likeness (QED) is 0.349. The number of alkyl halides is 3. The first-order valence-electron chi connectivity index (χ1n) is 10.6. The molecule has 0 aliphatic carbocycles. The van der Waals surface area contributed by atoms with Crippen LogP contribution in [0.15, 0.2) is 53.0 Å². The number of likely N-dealkylation sites (tertiary alicyclic amines) is 1. The maximum atomic E-state index is 13.3. The molecule has 3 heterocycles. The predicted octanol–water partition coefficient (Wildman–Crippen LogP) is 5.58. The summed E-state index contributed by atoms with van der Waals surface area (Å²) in [6.45, 7) is 1.50. The highest BCUT2D eigenvalue weighted by Crippen LogP contribution is 2.33. The van der Waals surface area contributed by atoms with Gasteiger partial charge in [-0.1, -0.05) is 17.8 Å². The molecule has 1 aliphatic heterocycles. The number of aromatic nitrogens is 2.